The van der Waals surface area contributed by atoms with Crippen LogP contribution in [0.5, 0.6) is 5.75 Å². The van der Waals surface area contributed by atoms with Crippen molar-refractivity contribution in [3.63, 3.8) is 0 Å². The van der Waals surface area contributed by atoms with E-state index >= 15 is 0 Å². The molecule has 2 atom stereocenters. The Morgan fingerprint density at radius 3 is 2.80 bits per heavy atom. The second-order valence-corrected chi connectivity index (χ2v) is 5.74. The van der Waals surface area contributed by atoms with E-state index in [1.165, 1.54) is 0 Å². The van der Waals surface area contributed by atoms with E-state index in [1.54, 1.807) is 7.11 Å². The third-order valence-corrected chi connectivity index (χ3v) is 3.88. The smallest absolute Gasteiger partial charge is 0.222 e. The van der Waals surface area contributed by atoms with Crippen molar-refractivity contribution >= 4 is 5.91 Å². The summed E-state index contributed by atoms with van der Waals surface area (Å²) >= 11 is 0. The fraction of sp³-hybridized carbons (Fsp3) is 0.562. The molecule has 0 radical (unpaired) electrons. The van der Waals surface area contributed by atoms with Crippen LogP contribution in [-0.4, -0.2) is 19.1 Å². The summed E-state index contributed by atoms with van der Waals surface area (Å²) in [5, 5.41) is 3.01. The maximum atomic E-state index is 12.0. The highest BCUT2D eigenvalue weighted by Crippen LogP contribution is 2.33. The van der Waals surface area contributed by atoms with Crippen molar-refractivity contribution < 1.29 is 9.53 Å². The third kappa shape index (κ3) is 3.73. The zero-order valence-corrected chi connectivity index (χ0v) is 12.5. The minimum absolute atomic E-state index is 0.00149. The van der Waals surface area contributed by atoms with Crippen LogP contribution in [0.3, 0.4) is 0 Å². The minimum atomic E-state index is -0.0799. The van der Waals surface area contributed by atoms with Gasteiger partial charge in [-0.3, -0.25) is 4.79 Å². The van der Waals surface area contributed by atoms with Gasteiger partial charge in [0.05, 0.1) is 13.2 Å². The van der Waals surface area contributed by atoms with Gasteiger partial charge in [0, 0.05) is 18.0 Å². The van der Waals surface area contributed by atoms with E-state index in [2.05, 4.69) is 5.32 Å². The predicted molar refractivity (Wildman–Crippen MR) is 79.6 cm³/mol. The molecule has 1 aliphatic carbocycles. The number of carbonyl (C=O) groups excluding carboxylic acids is 1. The molecule has 1 aliphatic rings. The molecular weight excluding hydrogens is 252 g/mol. The number of hydrogen-bond acceptors (Lipinski definition) is 3. The molecule has 0 saturated heterocycles. The van der Waals surface area contributed by atoms with Crippen molar-refractivity contribution in [2.45, 2.75) is 45.2 Å². The van der Waals surface area contributed by atoms with Crippen LogP contribution in [0.4, 0.5) is 0 Å². The Hall–Kier alpha value is -1.55. The summed E-state index contributed by atoms with van der Waals surface area (Å²) in [6.07, 6.45) is 2.73. The lowest BCUT2D eigenvalue weighted by Crippen LogP contribution is -2.34. The number of hydrogen-bond donors (Lipinski definition) is 2. The molecule has 4 nitrogen and oxygen atoms in total. The summed E-state index contributed by atoms with van der Waals surface area (Å²) in [5.41, 5.74) is 8.14. The van der Waals surface area contributed by atoms with E-state index in [0.717, 1.165) is 29.7 Å². The van der Waals surface area contributed by atoms with Gasteiger partial charge in [0.2, 0.25) is 5.91 Å². The molecule has 3 N–H and O–H groups in total. The Kier molecular flexibility index (Phi) is 4.65. The van der Waals surface area contributed by atoms with Crippen LogP contribution in [-0.2, 0) is 4.79 Å². The van der Waals surface area contributed by atoms with E-state index in [9.17, 15) is 4.79 Å². The van der Waals surface area contributed by atoms with Crippen LogP contribution in [0.1, 0.15) is 43.4 Å². The van der Waals surface area contributed by atoms with Gasteiger partial charge in [-0.1, -0.05) is 17.7 Å². The highest BCUT2D eigenvalue weighted by Gasteiger charge is 2.30. The average Bonchev–Trinajstić information content (AvgIpc) is 3.22. The standard InChI is InChI=1S/C16H24N2O2/c1-10-4-7-15(20-3)13(8-10)11(2)18-16(19)9-14(17)12-5-6-12/h4,7-8,11-12,14H,5-6,9,17H2,1-3H3,(H,18,19). The topological polar surface area (TPSA) is 64.3 Å². The Bertz CT molecular complexity index is 483. The quantitative estimate of drug-likeness (QED) is 0.838. The number of nitrogens with one attached hydrogen (secondary N) is 1. The average molecular weight is 276 g/mol. The first-order chi connectivity index (χ1) is 9.51. The van der Waals surface area contributed by atoms with E-state index < -0.39 is 0 Å². The third-order valence-electron chi connectivity index (χ3n) is 3.88. The van der Waals surface area contributed by atoms with Gasteiger partial charge in [-0.25, -0.2) is 0 Å². The molecule has 1 aromatic rings. The van der Waals surface area contributed by atoms with Crippen LogP contribution >= 0.6 is 0 Å². The number of amides is 1. The molecule has 0 heterocycles. The van der Waals surface area contributed by atoms with Crippen LogP contribution in [0.25, 0.3) is 0 Å². The Balaban J connectivity index is 1.98. The lowest BCUT2D eigenvalue weighted by Gasteiger charge is -2.19. The summed E-state index contributed by atoms with van der Waals surface area (Å²) in [6.45, 7) is 4.00. The number of benzene rings is 1. The maximum absolute atomic E-state index is 12.0. The highest BCUT2D eigenvalue weighted by molar-refractivity contribution is 5.77. The van der Waals surface area contributed by atoms with Gasteiger partial charge in [-0.2, -0.15) is 0 Å². The van der Waals surface area contributed by atoms with Crippen molar-refractivity contribution in [1.82, 2.24) is 5.32 Å². The molecule has 20 heavy (non-hydrogen) atoms. The summed E-state index contributed by atoms with van der Waals surface area (Å²) in [5.74, 6) is 1.36. The summed E-state index contributed by atoms with van der Waals surface area (Å²) in [4.78, 5) is 12.0. The van der Waals surface area contributed by atoms with Crippen molar-refractivity contribution in [1.29, 1.82) is 0 Å². The Labute approximate surface area is 120 Å². The summed E-state index contributed by atoms with van der Waals surface area (Å²) in [7, 11) is 1.64. The first-order valence-electron chi connectivity index (χ1n) is 7.20. The van der Waals surface area contributed by atoms with Crippen molar-refractivity contribution in [2.24, 2.45) is 11.7 Å². The highest BCUT2D eigenvalue weighted by atomic mass is 16.5. The second-order valence-electron chi connectivity index (χ2n) is 5.74. The van der Waals surface area contributed by atoms with Gasteiger partial charge in [-0.05, 0) is 38.7 Å². The first kappa shape index (κ1) is 14.9. The molecule has 1 amide bonds. The molecule has 1 aromatic carbocycles. The first-order valence-corrected chi connectivity index (χ1v) is 7.20. The molecule has 4 heteroatoms. The van der Waals surface area contributed by atoms with Crippen LogP contribution in [0.2, 0.25) is 0 Å². The van der Waals surface area contributed by atoms with E-state index in [1.807, 2.05) is 32.0 Å². The van der Waals surface area contributed by atoms with Gasteiger partial charge in [0.15, 0.2) is 0 Å². The molecule has 0 spiro atoms. The normalized spacial score (nSPS) is 17.4. The number of carbonyl (C=O) groups is 1. The van der Waals surface area contributed by atoms with Crippen molar-refractivity contribution in [3.8, 4) is 5.75 Å². The van der Waals surface area contributed by atoms with Crippen molar-refractivity contribution in [3.05, 3.63) is 29.3 Å². The van der Waals surface area contributed by atoms with Crippen LogP contribution in [0, 0.1) is 12.8 Å². The minimum Gasteiger partial charge on any atom is -0.496 e. The lowest BCUT2D eigenvalue weighted by molar-refractivity contribution is -0.122. The number of methoxy groups -OCH3 is 1. The fourth-order valence-corrected chi connectivity index (χ4v) is 2.48. The predicted octanol–water partition coefficient (Wildman–Crippen LogP) is 2.31. The lowest BCUT2D eigenvalue weighted by atomic mass is 10.0. The molecule has 1 saturated carbocycles. The summed E-state index contributed by atoms with van der Waals surface area (Å²) < 4.78 is 5.36. The maximum Gasteiger partial charge on any atom is 0.222 e. The largest absolute Gasteiger partial charge is 0.496 e. The molecule has 1 fully saturated rings. The number of nitrogens with two attached hydrogens (primary N) is 1. The molecule has 110 valence electrons. The summed E-state index contributed by atoms with van der Waals surface area (Å²) in [6, 6.07) is 5.90. The molecule has 0 aromatic heterocycles. The van der Waals surface area contributed by atoms with Gasteiger partial charge < -0.3 is 15.8 Å². The van der Waals surface area contributed by atoms with Gasteiger partial charge >= 0.3 is 0 Å². The van der Waals surface area contributed by atoms with E-state index in [4.69, 9.17) is 10.5 Å². The molecule has 2 unspecified atom stereocenters. The van der Waals surface area contributed by atoms with Gasteiger partial charge in [0.1, 0.15) is 5.75 Å². The molecule has 0 bridgehead atoms. The fourth-order valence-electron chi connectivity index (χ4n) is 2.48. The SMILES string of the molecule is COc1ccc(C)cc1C(C)NC(=O)CC(N)C1CC1. The van der Waals surface area contributed by atoms with Gasteiger partial charge in [0.25, 0.3) is 0 Å². The Morgan fingerprint density at radius 2 is 2.20 bits per heavy atom. The zero-order valence-electron chi connectivity index (χ0n) is 12.5. The van der Waals surface area contributed by atoms with Crippen LogP contribution < -0.4 is 15.8 Å². The van der Waals surface area contributed by atoms with Crippen molar-refractivity contribution in [2.75, 3.05) is 7.11 Å². The number of aryl methyl sites for hydroxylation is 1. The van der Waals surface area contributed by atoms with Gasteiger partial charge in [-0.15, -0.1) is 0 Å². The second kappa shape index (κ2) is 6.27. The molecular formula is C16H24N2O2. The molecule has 2 rings (SSSR count). The number of ether oxygens (including phenoxy) is 1. The molecule has 0 aliphatic heterocycles. The van der Waals surface area contributed by atoms with E-state index in [-0.39, 0.29) is 18.0 Å². The number of rotatable bonds is 6. The van der Waals surface area contributed by atoms with Crippen LogP contribution in [0.15, 0.2) is 18.2 Å². The zero-order chi connectivity index (χ0) is 14.7. The Morgan fingerprint density at radius 1 is 1.50 bits per heavy atom. The van der Waals surface area contributed by atoms with E-state index in [0.29, 0.717) is 12.3 Å². The monoisotopic (exact) mass is 276 g/mol.